The van der Waals surface area contributed by atoms with Gasteiger partial charge in [0.2, 0.25) is 0 Å². The number of carbonyl (C=O) groups excluding carboxylic acids is 1. The molecule has 0 rings (SSSR count). The summed E-state index contributed by atoms with van der Waals surface area (Å²) < 4.78 is 8.35. The van der Waals surface area contributed by atoms with Gasteiger partial charge in [0, 0.05) is 0 Å². The molecule has 0 aliphatic heterocycles. The van der Waals surface area contributed by atoms with Crippen LogP contribution in [0.3, 0.4) is 0 Å². The van der Waals surface area contributed by atoms with E-state index in [2.05, 4.69) is 31.9 Å². The molecule has 0 saturated carbocycles. The molecule has 7 heteroatoms. The summed E-state index contributed by atoms with van der Waals surface area (Å²) in [6, 6.07) is 0. The van der Waals surface area contributed by atoms with E-state index in [-0.39, 0.29) is 6.61 Å². The summed E-state index contributed by atoms with van der Waals surface area (Å²) in [5, 5.41) is 11.4. The van der Waals surface area contributed by atoms with Gasteiger partial charge in [0.25, 0.3) is 5.72 Å². The number of hydrogen-bond acceptors (Lipinski definition) is 4. The smallest absolute Gasteiger partial charge is 0.409 e. The molecule has 0 heterocycles. The highest BCUT2D eigenvalue weighted by Crippen LogP contribution is 2.32. The van der Waals surface area contributed by atoms with Crippen molar-refractivity contribution in [2.75, 3.05) is 13.7 Å². The number of rotatable bonds is 5. The minimum atomic E-state index is -2.02. The lowest BCUT2D eigenvalue weighted by Crippen LogP contribution is -2.66. The summed E-state index contributed by atoms with van der Waals surface area (Å²) in [5.41, 5.74) is -2.02. The highest BCUT2D eigenvalue weighted by Gasteiger charge is 2.53. The maximum Gasteiger partial charge on any atom is 0.409 e. The number of carboxylic acid groups (broad SMARTS) is 1. The van der Waals surface area contributed by atoms with Gasteiger partial charge in [-0.05, 0) is 13.8 Å². The van der Waals surface area contributed by atoms with Gasteiger partial charge in [-0.3, -0.25) is 5.32 Å². The zero-order valence-electron chi connectivity index (χ0n) is 9.74. The molecule has 0 aromatic heterocycles. The predicted molar refractivity (Wildman–Crippen MR) is 63.7 cm³/mol. The second-order valence-electron chi connectivity index (χ2n) is 3.57. The first kappa shape index (κ1) is 15.7. The van der Waals surface area contributed by atoms with Gasteiger partial charge in [0.15, 0.2) is 0 Å². The fourth-order valence-corrected chi connectivity index (χ4v) is 1.45. The van der Waals surface area contributed by atoms with Crippen LogP contribution in [-0.4, -0.2) is 40.9 Å². The lowest BCUT2D eigenvalue weighted by Gasteiger charge is -2.38. The van der Waals surface area contributed by atoms with Crippen molar-refractivity contribution in [3.05, 3.63) is 0 Å². The molecule has 0 aliphatic carbocycles. The van der Waals surface area contributed by atoms with Crippen molar-refractivity contribution >= 4 is 28.0 Å². The minimum absolute atomic E-state index is 0.272. The van der Waals surface area contributed by atoms with E-state index in [1.807, 2.05) is 0 Å². The average Bonchev–Trinajstić information content (AvgIpc) is 2.21. The largest absolute Gasteiger partial charge is 0.478 e. The lowest BCUT2D eigenvalue weighted by molar-refractivity contribution is -0.172. The maximum absolute atomic E-state index is 11.3. The van der Waals surface area contributed by atoms with Crippen molar-refractivity contribution in [1.29, 1.82) is 0 Å². The Balaban J connectivity index is 5.34. The molecule has 0 radical (unpaired) electrons. The van der Waals surface area contributed by atoms with E-state index in [4.69, 9.17) is 11.2 Å². The van der Waals surface area contributed by atoms with E-state index in [0.29, 0.717) is 0 Å². The summed E-state index contributed by atoms with van der Waals surface area (Å²) in [5.74, 6) is 0.754. The van der Waals surface area contributed by atoms with Crippen LogP contribution in [0.25, 0.3) is 0 Å². The Morgan fingerprint density at radius 2 is 2.06 bits per heavy atom. The van der Waals surface area contributed by atoms with Gasteiger partial charge < -0.3 is 14.6 Å². The van der Waals surface area contributed by atoms with Crippen LogP contribution in [0.1, 0.15) is 13.8 Å². The number of methoxy groups -OCH3 is 1. The summed E-state index contributed by atoms with van der Waals surface area (Å²) in [4.78, 5) is 22.5. The second kappa shape index (κ2) is 5.89. The number of alkyl carbamates (subject to hydrolysis) is 1. The van der Waals surface area contributed by atoms with Crippen molar-refractivity contribution in [2.45, 2.75) is 23.9 Å². The molecular weight excluding hydrogens is 294 g/mol. The van der Waals surface area contributed by atoms with E-state index >= 15 is 0 Å². The predicted octanol–water partition coefficient (Wildman–Crippen LogP) is 0.947. The third-order valence-electron chi connectivity index (χ3n) is 1.97. The number of carbonyl (C=O) groups is 2. The van der Waals surface area contributed by atoms with Crippen LogP contribution in [0.4, 0.5) is 4.79 Å². The van der Waals surface area contributed by atoms with E-state index in [0.717, 1.165) is 7.11 Å². The van der Waals surface area contributed by atoms with Crippen LogP contribution < -0.4 is 5.32 Å². The molecule has 0 saturated heterocycles. The first-order valence-electron chi connectivity index (χ1n) is 4.57. The van der Waals surface area contributed by atoms with E-state index in [1.165, 1.54) is 13.8 Å². The number of carboxylic acids is 1. The fourth-order valence-electron chi connectivity index (χ4n) is 1.07. The van der Waals surface area contributed by atoms with Gasteiger partial charge in [-0.2, -0.15) is 0 Å². The minimum Gasteiger partial charge on any atom is -0.478 e. The lowest BCUT2D eigenvalue weighted by atomic mass is 9.99. The molecular formula is C10H14BrNO5. The summed E-state index contributed by atoms with van der Waals surface area (Å²) in [7, 11) is 1.12. The molecule has 0 spiro atoms. The van der Waals surface area contributed by atoms with Crippen molar-refractivity contribution in [3.8, 4) is 12.3 Å². The molecule has 0 aromatic rings. The topological polar surface area (TPSA) is 84.9 Å². The van der Waals surface area contributed by atoms with Gasteiger partial charge in [0.05, 0.1) is 11.4 Å². The third kappa shape index (κ3) is 3.61. The fraction of sp³-hybridized carbons (Fsp3) is 0.600. The normalized spacial score (nSPS) is 14.3. The molecule has 0 aromatic carbocycles. The molecule has 1 atom stereocenters. The average molecular weight is 308 g/mol. The number of amides is 1. The van der Waals surface area contributed by atoms with Crippen LogP contribution in [0, 0.1) is 12.3 Å². The van der Waals surface area contributed by atoms with Crippen LogP contribution in [0.15, 0.2) is 0 Å². The Hall–Kier alpha value is -1.26. The number of nitrogens with one attached hydrogen (secondary N) is 1. The number of terminal acetylenes is 1. The second-order valence-corrected chi connectivity index (χ2v) is 5.55. The highest BCUT2D eigenvalue weighted by molar-refractivity contribution is 9.10. The number of halogens is 1. The number of aliphatic carboxylic acids is 1. The van der Waals surface area contributed by atoms with Crippen LogP contribution >= 0.6 is 15.9 Å². The molecule has 0 bridgehead atoms. The summed E-state index contributed by atoms with van der Waals surface area (Å²) >= 11 is 3.15. The Morgan fingerprint density at radius 1 is 1.53 bits per heavy atom. The molecule has 2 N–H and O–H groups in total. The quantitative estimate of drug-likeness (QED) is 0.449. The molecule has 0 aliphatic rings. The van der Waals surface area contributed by atoms with Crippen LogP contribution in [0.5, 0.6) is 0 Å². The van der Waals surface area contributed by atoms with Gasteiger partial charge in [-0.15, -0.1) is 6.42 Å². The third-order valence-corrected chi connectivity index (χ3v) is 2.53. The van der Waals surface area contributed by atoms with Crippen LogP contribution in [0.2, 0.25) is 0 Å². The zero-order chi connectivity index (χ0) is 13.7. The number of ether oxygens (including phenoxy) is 2. The van der Waals surface area contributed by atoms with Crippen molar-refractivity contribution < 1.29 is 24.2 Å². The summed E-state index contributed by atoms with van der Waals surface area (Å²) in [6.07, 6.45) is 4.08. The zero-order valence-corrected chi connectivity index (χ0v) is 11.3. The Kier molecular flexibility index (Phi) is 5.45. The Bertz CT molecular complexity index is 344. The van der Waals surface area contributed by atoms with Gasteiger partial charge in [0.1, 0.15) is 6.61 Å². The van der Waals surface area contributed by atoms with Gasteiger partial charge in [-0.25, -0.2) is 9.59 Å². The first-order valence-corrected chi connectivity index (χ1v) is 5.36. The van der Waals surface area contributed by atoms with E-state index in [1.54, 1.807) is 0 Å². The molecule has 0 fully saturated rings. The van der Waals surface area contributed by atoms with Crippen molar-refractivity contribution in [2.24, 2.45) is 0 Å². The van der Waals surface area contributed by atoms with Gasteiger partial charge >= 0.3 is 12.1 Å². The number of alkyl halides is 1. The Morgan fingerprint density at radius 3 is 2.35 bits per heavy atom. The number of hydrogen-bond donors (Lipinski definition) is 2. The first-order chi connectivity index (χ1) is 7.71. The Labute approximate surface area is 108 Å². The SMILES string of the molecule is C#CCOC(NC(=O)OC)(C(=O)O)C(C)(C)Br. The standard InChI is InChI=1S/C10H14BrNO5/c1-5-6-17-10(7(13)14,9(2,3)11)12-8(15)16-4/h1H,6H2,2-4H3,(H,12,15)(H,13,14). The van der Waals surface area contributed by atoms with Crippen LogP contribution in [-0.2, 0) is 14.3 Å². The highest BCUT2D eigenvalue weighted by atomic mass is 79.9. The molecule has 6 nitrogen and oxygen atoms in total. The van der Waals surface area contributed by atoms with E-state index < -0.39 is 22.1 Å². The molecule has 96 valence electrons. The van der Waals surface area contributed by atoms with Gasteiger partial charge in [-0.1, -0.05) is 21.9 Å². The molecule has 1 unspecified atom stereocenters. The van der Waals surface area contributed by atoms with Crippen molar-refractivity contribution in [3.63, 3.8) is 0 Å². The molecule has 1 amide bonds. The maximum atomic E-state index is 11.3. The molecule has 17 heavy (non-hydrogen) atoms. The van der Waals surface area contributed by atoms with Crippen molar-refractivity contribution in [1.82, 2.24) is 5.32 Å². The van der Waals surface area contributed by atoms with E-state index in [9.17, 15) is 14.7 Å². The summed E-state index contributed by atoms with van der Waals surface area (Å²) in [6.45, 7) is 2.77. The monoisotopic (exact) mass is 307 g/mol.